The second kappa shape index (κ2) is 12.5. The fraction of sp³-hybridized carbons (Fsp3) is 0.467. The van der Waals surface area contributed by atoms with Gasteiger partial charge in [0.15, 0.2) is 5.76 Å². The highest BCUT2D eigenvalue weighted by molar-refractivity contribution is 5.97. The van der Waals surface area contributed by atoms with Crippen LogP contribution < -0.4 is 5.32 Å². The number of amides is 2. The van der Waals surface area contributed by atoms with E-state index < -0.39 is 0 Å². The molecule has 0 radical (unpaired) electrons. The van der Waals surface area contributed by atoms with Crippen LogP contribution in [0.4, 0.5) is 4.39 Å². The van der Waals surface area contributed by atoms with Crippen LogP contribution in [0.15, 0.2) is 54.3 Å². The van der Waals surface area contributed by atoms with Gasteiger partial charge in [0.05, 0.1) is 19.3 Å². The molecule has 2 aliphatic heterocycles. The number of fused-ring (bicyclic) bond motifs is 1. The highest BCUT2D eigenvalue weighted by Gasteiger charge is 2.41. The van der Waals surface area contributed by atoms with Crippen molar-refractivity contribution < 1.29 is 23.5 Å². The lowest BCUT2D eigenvalue weighted by Crippen LogP contribution is -2.54. The number of carbonyl (C=O) groups is 2. The average Bonchev–Trinajstić information content (AvgIpc) is 2.94. The van der Waals surface area contributed by atoms with Gasteiger partial charge in [-0.05, 0) is 73.7 Å². The number of morpholine rings is 2. The molecular weight excluding hydrogens is 485 g/mol. The Morgan fingerprint density at radius 3 is 2.66 bits per heavy atom. The molecule has 2 aromatic rings. The summed E-state index contributed by atoms with van der Waals surface area (Å²) >= 11 is 0. The molecule has 2 aromatic carbocycles. The summed E-state index contributed by atoms with van der Waals surface area (Å²) in [7, 11) is 0. The fourth-order valence-electron chi connectivity index (χ4n) is 5.51. The molecule has 38 heavy (non-hydrogen) atoms. The molecule has 0 bridgehead atoms. The Hall–Kier alpha value is -3.23. The third-order valence-electron chi connectivity index (χ3n) is 7.57. The van der Waals surface area contributed by atoms with E-state index >= 15 is 0 Å². The minimum absolute atomic E-state index is 0.00835. The van der Waals surface area contributed by atoms with Gasteiger partial charge < -0.3 is 19.7 Å². The number of ether oxygens (including phenoxy) is 2. The number of hydrogen-bond acceptors (Lipinski definition) is 5. The zero-order valence-electron chi connectivity index (χ0n) is 21.7. The van der Waals surface area contributed by atoms with Gasteiger partial charge in [-0.1, -0.05) is 30.7 Å². The lowest BCUT2D eigenvalue weighted by atomic mass is 9.89. The van der Waals surface area contributed by atoms with Crippen molar-refractivity contribution in [3.8, 4) is 0 Å². The van der Waals surface area contributed by atoms with E-state index in [0.717, 1.165) is 76.1 Å². The van der Waals surface area contributed by atoms with Gasteiger partial charge in [-0.25, -0.2) is 4.39 Å². The topological polar surface area (TPSA) is 71.1 Å². The molecule has 1 saturated carbocycles. The molecular formula is C30H36FN3O4. The summed E-state index contributed by atoms with van der Waals surface area (Å²) in [6.07, 6.45) is 6.46. The van der Waals surface area contributed by atoms with Crippen LogP contribution in [0.5, 0.6) is 0 Å². The van der Waals surface area contributed by atoms with Crippen molar-refractivity contribution in [3.63, 3.8) is 0 Å². The summed E-state index contributed by atoms with van der Waals surface area (Å²) in [5.41, 5.74) is 2.14. The Bertz CT molecular complexity index is 1150. The summed E-state index contributed by atoms with van der Waals surface area (Å²) in [4.78, 5) is 30.2. The number of hydrogen-bond donors (Lipinski definition) is 1. The van der Waals surface area contributed by atoms with Crippen molar-refractivity contribution in [2.45, 2.75) is 50.8 Å². The van der Waals surface area contributed by atoms with Crippen molar-refractivity contribution in [1.29, 1.82) is 0 Å². The van der Waals surface area contributed by atoms with Crippen LogP contribution in [0.3, 0.4) is 0 Å². The standard InChI is InChI=1S/C30H36FN3O4/c31-25-6-3-5-23(19-25)21-34-26-7-1-2-8-27(26)38-28(30(34)36)20-22-9-11-24(12-10-22)29(35)32-13-4-14-33-15-17-37-18-16-33/h3,5-6,9-12,19-20,26-27H,1-2,4,7-8,13-18,21H2,(H,32,35)/b28-20-. The van der Waals surface area contributed by atoms with E-state index in [1.165, 1.54) is 12.1 Å². The maximum absolute atomic E-state index is 13.8. The van der Waals surface area contributed by atoms with E-state index in [2.05, 4.69) is 10.2 Å². The average molecular weight is 522 g/mol. The zero-order valence-corrected chi connectivity index (χ0v) is 21.7. The summed E-state index contributed by atoms with van der Waals surface area (Å²) < 4.78 is 25.4. The Morgan fingerprint density at radius 2 is 1.87 bits per heavy atom. The molecule has 0 spiro atoms. The zero-order chi connectivity index (χ0) is 26.3. The molecule has 2 heterocycles. The molecule has 2 atom stereocenters. The van der Waals surface area contributed by atoms with Gasteiger partial charge in [-0.15, -0.1) is 0 Å². The van der Waals surface area contributed by atoms with Gasteiger partial charge in [0.1, 0.15) is 11.9 Å². The van der Waals surface area contributed by atoms with Gasteiger partial charge in [0.2, 0.25) is 0 Å². The molecule has 2 unspecified atom stereocenters. The molecule has 202 valence electrons. The number of halogens is 1. The predicted octanol–water partition coefficient (Wildman–Crippen LogP) is 3.99. The van der Waals surface area contributed by atoms with Gasteiger partial charge in [0, 0.05) is 31.7 Å². The number of rotatable bonds is 8. The van der Waals surface area contributed by atoms with Crippen molar-refractivity contribution in [2.75, 3.05) is 39.4 Å². The highest BCUT2D eigenvalue weighted by atomic mass is 19.1. The largest absolute Gasteiger partial charge is 0.482 e. The first-order valence-corrected chi connectivity index (χ1v) is 13.7. The van der Waals surface area contributed by atoms with Gasteiger partial charge in [-0.3, -0.25) is 14.5 Å². The molecule has 7 nitrogen and oxygen atoms in total. The first-order valence-electron chi connectivity index (χ1n) is 13.7. The summed E-state index contributed by atoms with van der Waals surface area (Å²) in [6.45, 7) is 5.36. The van der Waals surface area contributed by atoms with E-state index in [0.29, 0.717) is 24.4 Å². The van der Waals surface area contributed by atoms with E-state index in [9.17, 15) is 14.0 Å². The van der Waals surface area contributed by atoms with Crippen LogP contribution in [-0.4, -0.2) is 73.2 Å². The Kier molecular flexibility index (Phi) is 8.71. The Balaban J connectivity index is 1.21. The molecule has 1 aliphatic carbocycles. The Labute approximate surface area is 223 Å². The van der Waals surface area contributed by atoms with E-state index in [1.807, 2.05) is 23.1 Å². The number of nitrogens with one attached hydrogen (secondary N) is 1. The smallest absolute Gasteiger partial charge is 0.289 e. The number of benzene rings is 2. The molecule has 0 aromatic heterocycles. The maximum atomic E-state index is 13.8. The molecule has 3 fully saturated rings. The minimum atomic E-state index is -0.305. The Morgan fingerprint density at radius 1 is 1.08 bits per heavy atom. The normalized spacial score (nSPS) is 23.1. The van der Waals surface area contributed by atoms with Crippen molar-refractivity contribution >= 4 is 17.9 Å². The summed E-state index contributed by atoms with van der Waals surface area (Å²) in [6, 6.07) is 13.6. The van der Waals surface area contributed by atoms with Crippen LogP contribution in [0.2, 0.25) is 0 Å². The fourth-order valence-corrected chi connectivity index (χ4v) is 5.51. The van der Waals surface area contributed by atoms with Gasteiger partial charge in [0.25, 0.3) is 11.8 Å². The van der Waals surface area contributed by atoms with E-state index in [-0.39, 0.29) is 29.8 Å². The first kappa shape index (κ1) is 26.4. The third kappa shape index (κ3) is 6.60. The van der Waals surface area contributed by atoms with Crippen LogP contribution in [0.1, 0.15) is 53.6 Å². The van der Waals surface area contributed by atoms with Crippen LogP contribution in [0.25, 0.3) is 6.08 Å². The predicted molar refractivity (Wildman–Crippen MR) is 143 cm³/mol. The first-order chi connectivity index (χ1) is 18.6. The summed E-state index contributed by atoms with van der Waals surface area (Å²) in [5, 5.41) is 2.99. The van der Waals surface area contributed by atoms with E-state index in [4.69, 9.17) is 9.47 Å². The van der Waals surface area contributed by atoms with Crippen LogP contribution in [-0.2, 0) is 20.8 Å². The molecule has 8 heteroatoms. The molecule has 2 amide bonds. The molecule has 2 saturated heterocycles. The second-order valence-electron chi connectivity index (χ2n) is 10.3. The van der Waals surface area contributed by atoms with Crippen molar-refractivity contribution in [1.82, 2.24) is 15.1 Å². The monoisotopic (exact) mass is 521 g/mol. The third-order valence-corrected chi connectivity index (χ3v) is 7.57. The lowest BCUT2D eigenvalue weighted by molar-refractivity contribution is -0.149. The second-order valence-corrected chi connectivity index (χ2v) is 10.3. The lowest BCUT2D eigenvalue weighted by Gasteiger charge is -2.44. The van der Waals surface area contributed by atoms with Crippen LogP contribution >= 0.6 is 0 Å². The van der Waals surface area contributed by atoms with Gasteiger partial charge in [-0.2, -0.15) is 0 Å². The molecule has 3 aliphatic rings. The minimum Gasteiger partial charge on any atom is -0.482 e. The molecule has 5 rings (SSSR count). The van der Waals surface area contributed by atoms with E-state index in [1.54, 1.807) is 24.3 Å². The highest BCUT2D eigenvalue weighted by Crippen LogP contribution is 2.34. The van der Waals surface area contributed by atoms with Crippen molar-refractivity contribution in [3.05, 3.63) is 76.8 Å². The molecule has 1 N–H and O–H groups in total. The SMILES string of the molecule is O=C(NCCCN1CCOCC1)c1ccc(/C=C2\OC3CCCCC3N(Cc3cccc(F)c3)C2=O)cc1. The quantitative estimate of drug-likeness (QED) is 0.420. The van der Waals surface area contributed by atoms with Gasteiger partial charge >= 0.3 is 0 Å². The summed E-state index contributed by atoms with van der Waals surface area (Å²) in [5.74, 6) is -0.299. The van der Waals surface area contributed by atoms with Crippen LogP contribution in [0, 0.1) is 5.82 Å². The number of carbonyl (C=O) groups excluding carboxylic acids is 2. The maximum Gasteiger partial charge on any atom is 0.289 e. The van der Waals surface area contributed by atoms with Crippen molar-refractivity contribution in [2.24, 2.45) is 0 Å². The number of nitrogens with zero attached hydrogens (tertiary/aromatic N) is 2.